The predicted molar refractivity (Wildman–Crippen MR) is 119 cm³/mol. The molecule has 1 aromatic rings. The maximum atomic E-state index is 13.3. The van der Waals surface area contributed by atoms with Gasteiger partial charge in [0.05, 0.1) is 25.0 Å². The highest BCUT2D eigenvalue weighted by atomic mass is 31.2. The minimum Gasteiger partial charge on any atom is -0.443 e. The van der Waals surface area contributed by atoms with Crippen molar-refractivity contribution in [2.24, 2.45) is 5.92 Å². The van der Waals surface area contributed by atoms with Gasteiger partial charge >= 0.3 is 13.9 Å². The molecule has 1 amide bonds. The van der Waals surface area contributed by atoms with Crippen LogP contribution in [0, 0.1) is 5.92 Å². The number of ether oxygens (including phenoxy) is 1. The van der Waals surface area contributed by atoms with E-state index in [2.05, 4.69) is 6.58 Å². The number of likely N-dealkylation sites (tertiary alicyclic amines) is 1. The number of phosphoric ester groups is 1. The van der Waals surface area contributed by atoms with Crippen molar-refractivity contribution in [1.29, 1.82) is 0 Å². The lowest BCUT2D eigenvalue weighted by Gasteiger charge is -2.32. The molecule has 1 heterocycles. The van der Waals surface area contributed by atoms with Crippen LogP contribution in [0.1, 0.15) is 51.8 Å². The standard InChI is InChI=1S/C23H30NO6P/c1-7-27-31(26,28-8-2)29-15-20-16(3)18-14-13-17-11-9-10-12-19(17)21(18)24(20)22(25)30-23(4,5)6/h9-15,18,21H,3,7-8H2,1-2,4-6H3/b20-15+/t18-,21+/m1/s1. The average molecular weight is 447 g/mol. The molecule has 2 atom stereocenters. The lowest BCUT2D eigenvalue weighted by Crippen LogP contribution is -2.37. The maximum Gasteiger partial charge on any atom is 0.529 e. The van der Waals surface area contributed by atoms with Crippen LogP contribution in [0.5, 0.6) is 0 Å². The van der Waals surface area contributed by atoms with Crippen molar-refractivity contribution in [3.05, 3.63) is 65.6 Å². The molecule has 1 aliphatic heterocycles. The smallest absolute Gasteiger partial charge is 0.443 e. The molecule has 1 aromatic carbocycles. The van der Waals surface area contributed by atoms with Crippen LogP contribution >= 0.6 is 7.82 Å². The quantitative estimate of drug-likeness (QED) is 0.381. The number of nitrogens with zero attached hydrogens (tertiary/aromatic N) is 1. The summed E-state index contributed by atoms with van der Waals surface area (Å²) in [6, 6.07) is 7.51. The van der Waals surface area contributed by atoms with E-state index in [1.165, 1.54) is 11.2 Å². The SMILES string of the molecule is C=C1/C(=C\OP(=O)(OCC)OCC)N(C(=O)OC(C)(C)C)[C@@H]2c3ccccc3C=C[C@H]12. The highest BCUT2D eigenvalue weighted by Gasteiger charge is 2.47. The van der Waals surface area contributed by atoms with Gasteiger partial charge in [-0.15, -0.1) is 0 Å². The van der Waals surface area contributed by atoms with E-state index in [1.54, 1.807) is 34.6 Å². The summed E-state index contributed by atoms with van der Waals surface area (Å²) in [5, 5.41) is 0. The number of phosphoric acid groups is 1. The van der Waals surface area contributed by atoms with Crippen LogP contribution in [0.15, 0.2) is 54.5 Å². The van der Waals surface area contributed by atoms with Crippen LogP contribution in [0.4, 0.5) is 4.79 Å². The molecule has 0 unspecified atom stereocenters. The molecule has 1 saturated heterocycles. The van der Waals surface area contributed by atoms with E-state index in [0.29, 0.717) is 11.3 Å². The predicted octanol–water partition coefficient (Wildman–Crippen LogP) is 6.22. The van der Waals surface area contributed by atoms with E-state index in [1.807, 2.05) is 36.4 Å². The van der Waals surface area contributed by atoms with Gasteiger partial charge in [0, 0.05) is 5.92 Å². The minimum absolute atomic E-state index is 0.151. The number of rotatable bonds is 6. The van der Waals surface area contributed by atoms with Crippen LogP contribution in [-0.2, 0) is 22.9 Å². The third-order valence-corrected chi connectivity index (χ3v) is 6.38. The van der Waals surface area contributed by atoms with Gasteiger partial charge in [-0.3, -0.25) is 13.9 Å². The van der Waals surface area contributed by atoms with E-state index < -0.39 is 19.5 Å². The summed E-state index contributed by atoms with van der Waals surface area (Å²) in [4.78, 5) is 14.8. The molecule has 0 saturated carbocycles. The van der Waals surface area contributed by atoms with Crippen LogP contribution in [0.25, 0.3) is 6.08 Å². The van der Waals surface area contributed by atoms with Gasteiger partial charge in [-0.25, -0.2) is 9.36 Å². The van der Waals surface area contributed by atoms with Gasteiger partial charge in [0.15, 0.2) is 0 Å². The summed E-state index contributed by atoms with van der Waals surface area (Å²) in [6.45, 7) is 13.3. The first-order valence-electron chi connectivity index (χ1n) is 10.4. The highest BCUT2D eigenvalue weighted by molar-refractivity contribution is 7.48. The van der Waals surface area contributed by atoms with E-state index in [4.69, 9.17) is 18.3 Å². The number of carbonyl (C=O) groups excluding carboxylic acids is 1. The Hall–Kier alpha value is -2.34. The van der Waals surface area contributed by atoms with Crippen molar-refractivity contribution in [2.45, 2.75) is 46.3 Å². The summed E-state index contributed by atoms with van der Waals surface area (Å²) < 4.78 is 34.4. The van der Waals surface area contributed by atoms with Gasteiger partial charge in [-0.05, 0) is 51.3 Å². The van der Waals surface area contributed by atoms with E-state index in [-0.39, 0.29) is 25.2 Å². The number of hydrogen-bond acceptors (Lipinski definition) is 6. The average Bonchev–Trinajstić information content (AvgIpc) is 2.98. The zero-order valence-corrected chi connectivity index (χ0v) is 19.6. The molecule has 2 aliphatic rings. The van der Waals surface area contributed by atoms with Crippen molar-refractivity contribution < 1.29 is 27.7 Å². The van der Waals surface area contributed by atoms with Crippen molar-refractivity contribution >= 4 is 20.0 Å². The molecule has 7 nitrogen and oxygen atoms in total. The fourth-order valence-electron chi connectivity index (χ4n) is 3.70. The molecule has 1 fully saturated rings. The van der Waals surface area contributed by atoms with E-state index in [0.717, 1.165) is 11.1 Å². The molecule has 0 aromatic heterocycles. The van der Waals surface area contributed by atoms with E-state index in [9.17, 15) is 9.36 Å². The van der Waals surface area contributed by atoms with Crippen molar-refractivity contribution in [2.75, 3.05) is 13.2 Å². The molecular weight excluding hydrogens is 417 g/mol. The summed E-state index contributed by atoms with van der Waals surface area (Å²) in [5.74, 6) is -0.171. The molecule has 3 rings (SSSR count). The third-order valence-electron chi connectivity index (χ3n) is 4.87. The van der Waals surface area contributed by atoms with Crippen molar-refractivity contribution in [1.82, 2.24) is 4.90 Å². The molecule has 0 spiro atoms. The number of allylic oxidation sites excluding steroid dienone is 1. The summed E-state index contributed by atoms with van der Waals surface area (Å²) in [7, 11) is -3.82. The molecule has 8 heteroatoms. The zero-order chi connectivity index (χ0) is 22.8. The number of carbonyl (C=O) groups is 1. The Labute approximate surface area is 183 Å². The van der Waals surface area contributed by atoms with E-state index >= 15 is 0 Å². The van der Waals surface area contributed by atoms with Crippen molar-refractivity contribution in [3.8, 4) is 0 Å². The number of hydrogen-bond donors (Lipinski definition) is 0. The Morgan fingerprint density at radius 3 is 2.45 bits per heavy atom. The second-order valence-corrected chi connectivity index (χ2v) is 9.85. The van der Waals surface area contributed by atoms with Gasteiger partial charge in [0.1, 0.15) is 11.9 Å². The summed E-state index contributed by atoms with van der Waals surface area (Å²) >= 11 is 0. The minimum atomic E-state index is -3.82. The Morgan fingerprint density at radius 2 is 1.84 bits per heavy atom. The first-order chi connectivity index (χ1) is 14.6. The van der Waals surface area contributed by atoms with Crippen LogP contribution in [-0.4, -0.2) is 29.8 Å². The summed E-state index contributed by atoms with van der Waals surface area (Å²) in [6.07, 6.45) is 4.73. The van der Waals surface area contributed by atoms with Gasteiger partial charge in [0.25, 0.3) is 0 Å². The molecule has 31 heavy (non-hydrogen) atoms. The molecule has 0 bridgehead atoms. The highest BCUT2D eigenvalue weighted by Crippen LogP contribution is 2.54. The largest absolute Gasteiger partial charge is 0.529 e. The topological polar surface area (TPSA) is 74.3 Å². The molecular formula is C23H30NO6P. The van der Waals surface area contributed by atoms with Gasteiger partial charge in [0.2, 0.25) is 0 Å². The Kier molecular flexibility index (Phi) is 6.79. The van der Waals surface area contributed by atoms with Crippen LogP contribution in [0.3, 0.4) is 0 Å². The Bertz CT molecular complexity index is 951. The molecule has 0 radical (unpaired) electrons. The summed E-state index contributed by atoms with van der Waals surface area (Å²) in [5.41, 5.74) is 2.33. The zero-order valence-electron chi connectivity index (χ0n) is 18.7. The first kappa shape index (κ1) is 23.3. The van der Waals surface area contributed by atoms with Gasteiger partial charge in [-0.2, -0.15) is 0 Å². The Morgan fingerprint density at radius 1 is 1.19 bits per heavy atom. The fourth-order valence-corrected chi connectivity index (χ4v) is 4.76. The Balaban J connectivity index is 2.05. The number of fused-ring (bicyclic) bond motifs is 3. The number of amides is 1. The third kappa shape index (κ3) is 4.95. The van der Waals surface area contributed by atoms with Gasteiger partial charge in [-0.1, -0.05) is 43.0 Å². The van der Waals surface area contributed by atoms with Crippen molar-refractivity contribution in [3.63, 3.8) is 0 Å². The molecule has 168 valence electrons. The molecule has 0 N–H and O–H groups in total. The van der Waals surface area contributed by atoms with Gasteiger partial charge < -0.3 is 9.26 Å². The monoisotopic (exact) mass is 447 g/mol. The second kappa shape index (κ2) is 9.03. The lowest BCUT2D eigenvalue weighted by atomic mass is 9.84. The van der Waals surface area contributed by atoms with Crippen LogP contribution < -0.4 is 0 Å². The number of benzene rings is 1. The maximum absolute atomic E-state index is 13.3. The lowest BCUT2D eigenvalue weighted by molar-refractivity contribution is 0.0257. The fraction of sp³-hybridized carbons (Fsp3) is 0.435. The van der Waals surface area contributed by atoms with Crippen LogP contribution in [0.2, 0.25) is 0 Å². The molecule has 1 aliphatic carbocycles. The second-order valence-electron chi connectivity index (χ2n) is 8.23. The normalized spacial score (nSPS) is 21.8. The first-order valence-corrected chi connectivity index (χ1v) is 11.8.